The van der Waals surface area contributed by atoms with Gasteiger partial charge in [-0.2, -0.15) is 0 Å². The molecule has 0 amide bonds. The van der Waals surface area contributed by atoms with Crippen molar-refractivity contribution >= 4 is 34.2 Å². The summed E-state index contributed by atoms with van der Waals surface area (Å²) in [6.45, 7) is 2.14. The largest absolute Gasteiger partial charge is 0.362 e. The van der Waals surface area contributed by atoms with Crippen LogP contribution in [0.2, 0.25) is 5.02 Å². The molecular formula is C9H10ClNOS. The summed E-state index contributed by atoms with van der Waals surface area (Å²) in [7, 11) is 0. The number of rotatable bonds is 2. The zero-order valence-corrected chi connectivity index (χ0v) is 8.70. The minimum Gasteiger partial charge on any atom is -0.362 e. The smallest absolute Gasteiger partial charge is 0.160 e. The van der Waals surface area contributed by atoms with E-state index < -0.39 is 0 Å². The predicted molar refractivity (Wildman–Crippen MR) is 56.2 cm³/mol. The van der Waals surface area contributed by atoms with Crippen molar-refractivity contribution in [3.63, 3.8) is 0 Å². The van der Waals surface area contributed by atoms with Gasteiger partial charge in [0.2, 0.25) is 0 Å². The number of carbonyl (C=O) groups is 1. The highest BCUT2D eigenvalue weighted by Gasteiger charge is 2.17. The molecule has 13 heavy (non-hydrogen) atoms. The van der Waals surface area contributed by atoms with Crippen LogP contribution in [-0.2, 0) is 0 Å². The van der Waals surface area contributed by atoms with Crippen LogP contribution < -0.4 is 4.90 Å². The highest BCUT2D eigenvalue weighted by molar-refractivity contribution is 7.18. The molecule has 0 aliphatic carbocycles. The molecule has 2 heterocycles. The zero-order chi connectivity index (χ0) is 9.26. The summed E-state index contributed by atoms with van der Waals surface area (Å²) in [5.74, 6) is 0. The second kappa shape index (κ2) is 3.68. The first-order valence-corrected chi connectivity index (χ1v) is 5.50. The van der Waals surface area contributed by atoms with Gasteiger partial charge in [-0.05, 0) is 18.9 Å². The Kier molecular flexibility index (Phi) is 2.56. The quantitative estimate of drug-likeness (QED) is 0.708. The second-order valence-electron chi connectivity index (χ2n) is 3.11. The van der Waals surface area contributed by atoms with Crippen molar-refractivity contribution < 1.29 is 4.79 Å². The van der Waals surface area contributed by atoms with Gasteiger partial charge in [-0.15, -0.1) is 11.3 Å². The summed E-state index contributed by atoms with van der Waals surface area (Å²) < 4.78 is 0. The molecule has 4 heteroatoms. The molecule has 0 aromatic carbocycles. The van der Waals surface area contributed by atoms with Gasteiger partial charge in [0.25, 0.3) is 0 Å². The van der Waals surface area contributed by atoms with Crippen LogP contribution in [0.1, 0.15) is 22.5 Å². The third kappa shape index (κ3) is 1.71. The summed E-state index contributed by atoms with van der Waals surface area (Å²) in [6, 6.07) is 1.74. The molecule has 1 aromatic rings. The van der Waals surface area contributed by atoms with E-state index in [1.165, 1.54) is 24.2 Å². The molecule has 1 aliphatic rings. The monoisotopic (exact) mass is 215 g/mol. The van der Waals surface area contributed by atoms with Crippen LogP contribution in [0.25, 0.3) is 0 Å². The normalized spacial score (nSPS) is 16.5. The van der Waals surface area contributed by atoms with Gasteiger partial charge in [0.15, 0.2) is 6.29 Å². The van der Waals surface area contributed by atoms with Gasteiger partial charge < -0.3 is 4.90 Å². The lowest BCUT2D eigenvalue weighted by atomic mass is 10.4. The number of thiophene rings is 1. The third-order valence-corrected chi connectivity index (χ3v) is 3.72. The number of halogens is 1. The molecule has 1 fully saturated rings. The lowest BCUT2D eigenvalue weighted by Crippen LogP contribution is -2.16. The number of nitrogens with zero attached hydrogens (tertiary/aromatic N) is 1. The van der Waals surface area contributed by atoms with E-state index in [9.17, 15) is 4.79 Å². The van der Waals surface area contributed by atoms with Gasteiger partial charge in [0.1, 0.15) is 5.00 Å². The summed E-state index contributed by atoms with van der Waals surface area (Å²) in [5, 5.41) is 1.77. The minimum absolute atomic E-state index is 0.715. The Hall–Kier alpha value is -0.540. The summed E-state index contributed by atoms with van der Waals surface area (Å²) in [6.07, 6.45) is 3.31. The van der Waals surface area contributed by atoms with Crippen LogP contribution in [0.3, 0.4) is 0 Å². The Bertz CT molecular complexity index is 317. The number of carbonyl (C=O) groups excluding carboxylic acids is 1. The van der Waals surface area contributed by atoms with Gasteiger partial charge in [0, 0.05) is 13.1 Å². The van der Waals surface area contributed by atoms with Gasteiger partial charge in [-0.25, -0.2) is 0 Å². The number of hydrogen-bond acceptors (Lipinski definition) is 3. The van der Waals surface area contributed by atoms with Gasteiger partial charge in [0.05, 0.1) is 9.90 Å². The molecule has 2 nitrogen and oxygen atoms in total. The first-order chi connectivity index (χ1) is 6.31. The maximum Gasteiger partial charge on any atom is 0.160 e. The maximum atomic E-state index is 10.5. The lowest BCUT2D eigenvalue weighted by Gasteiger charge is -2.14. The standard InChI is InChI=1S/C9H10ClNOS/c10-8-5-7(6-12)13-9(8)11-3-1-2-4-11/h5-6H,1-4H2. The van der Waals surface area contributed by atoms with Crippen molar-refractivity contribution in [1.29, 1.82) is 0 Å². The molecule has 2 rings (SSSR count). The Balaban J connectivity index is 2.27. The number of aldehydes is 1. The van der Waals surface area contributed by atoms with Crippen LogP contribution in [0.15, 0.2) is 6.07 Å². The molecular weight excluding hydrogens is 206 g/mol. The molecule has 0 spiro atoms. The van der Waals surface area contributed by atoms with Crippen LogP contribution in [-0.4, -0.2) is 19.4 Å². The fourth-order valence-electron chi connectivity index (χ4n) is 1.57. The molecule has 1 saturated heterocycles. The fraction of sp³-hybridized carbons (Fsp3) is 0.444. The molecule has 0 saturated carbocycles. The van der Waals surface area contributed by atoms with Crippen molar-refractivity contribution in [3.8, 4) is 0 Å². The van der Waals surface area contributed by atoms with E-state index in [0.717, 1.165) is 24.4 Å². The van der Waals surface area contributed by atoms with E-state index >= 15 is 0 Å². The third-order valence-electron chi connectivity index (χ3n) is 2.20. The van der Waals surface area contributed by atoms with E-state index in [2.05, 4.69) is 4.90 Å². The highest BCUT2D eigenvalue weighted by Crippen LogP contribution is 2.36. The van der Waals surface area contributed by atoms with E-state index in [1.807, 2.05) is 0 Å². The van der Waals surface area contributed by atoms with E-state index in [1.54, 1.807) is 6.07 Å². The first kappa shape index (κ1) is 9.03. The van der Waals surface area contributed by atoms with E-state index in [0.29, 0.717) is 9.90 Å². The SMILES string of the molecule is O=Cc1cc(Cl)c(N2CCCC2)s1. The molecule has 70 valence electrons. The summed E-state index contributed by atoms with van der Waals surface area (Å²) >= 11 is 7.50. The van der Waals surface area contributed by atoms with Crippen LogP contribution >= 0.6 is 22.9 Å². The Morgan fingerprint density at radius 2 is 2.15 bits per heavy atom. The highest BCUT2D eigenvalue weighted by atomic mass is 35.5. The average molecular weight is 216 g/mol. The zero-order valence-electron chi connectivity index (χ0n) is 7.12. The summed E-state index contributed by atoms with van der Waals surface area (Å²) in [4.78, 5) is 13.5. The van der Waals surface area contributed by atoms with Crippen LogP contribution in [0.4, 0.5) is 5.00 Å². The Labute approximate surface area is 86.1 Å². The second-order valence-corrected chi connectivity index (χ2v) is 4.58. The predicted octanol–water partition coefficient (Wildman–Crippen LogP) is 2.81. The van der Waals surface area contributed by atoms with Crippen molar-refractivity contribution in [2.45, 2.75) is 12.8 Å². The van der Waals surface area contributed by atoms with Crippen molar-refractivity contribution in [3.05, 3.63) is 16.0 Å². The molecule has 0 N–H and O–H groups in total. The topological polar surface area (TPSA) is 20.3 Å². The van der Waals surface area contributed by atoms with Crippen molar-refractivity contribution in [2.24, 2.45) is 0 Å². The van der Waals surface area contributed by atoms with Gasteiger partial charge >= 0.3 is 0 Å². The molecule has 0 atom stereocenters. The lowest BCUT2D eigenvalue weighted by molar-refractivity contribution is 0.112. The fourth-order valence-corrected chi connectivity index (χ4v) is 2.90. The van der Waals surface area contributed by atoms with Crippen LogP contribution in [0.5, 0.6) is 0 Å². The van der Waals surface area contributed by atoms with E-state index in [-0.39, 0.29) is 0 Å². The Morgan fingerprint density at radius 3 is 2.69 bits per heavy atom. The van der Waals surface area contributed by atoms with E-state index in [4.69, 9.17) is 11.6 Å². The molecule has 1 aliphatic heterocycles. The van der Waals surface area contributed by atoms with Gasteiger partial charge in [-0.1, -0.05) is 11.6 Å². The Morgan fingerprint density at radius 1 is 1.46 bits per heavy atom. The summed E-state index contributed by atoms with van der Waals surface area (Å²) in [5.41, 5.74) is 0. The maximum absolute atomic E-state index is 10.5. The first-order valence-electron chi connectivity index (χ1n) is 4.31. The minimum atomic E-state index is 0.715. The number of hydrogen-bond donors (Lipinski definition) is 0. The molecule has 0 radical (unpaired) electrons. The van der Waals surface area contributed by atoms with Crippen molar-refractivity contribution in [2.75, 3.05) is 18.0 Å². The van der Waals surface area contributed by atoms with Crippen molar-refractivity contribution in [1.82, 2.24) is 0 Å². The average Bonchev–Trinajstić information content (AvgIpc) is 2.72. The van der Waals surface area contributed by atoms with Gasteiger partial charge in [-0.3, -0.25) is 4.79 Å². The molecule has 1 aromatic heterocycles. The molecule has 0 bridgehead atoms. The molecule has 0 unspecified atom stereocenters. The van der Waals surface area contributed by atoms with Crippen LogP contribution in [0, 0.1) is 0 Å². The number of anilines is 1.